The number of ketones is 1. The van der Waals surface area contributed by atoms with E-state index in [1.807, 2.05) is 0 Å². The predicted molar refractivity (Wildman–Crippen MR) is 73.6 cm³/mol. The molecule has 1 fully saturated rings. The van der Waals surface area contributed by atoms with Gasteiger partial charge in [-0.15, -0.1) is 0 Å². The van der Waals surface area contributed by atoms with E-state index in [4.69, 9.17) is 11.6 Å². The molecule has 3 rings (SSSR count). The van der Waals surface area contributed by atoms with Crippen molar-refractivity contribution in [1.29, 1.82) is 0 Å². The number of nitrogens with zero attached hydrogens (tertiary/aromatic N) is 2. The molecule has 0 bridgehead atoms. The third-order valence-electron chi connectivity index (χ3n) is 3.72. The number of anilines is 1. The van der Waals surface area contributed by atoms with Gasteiger partial charge in [0.1, 0.15) is 0 Å². The van der Waals surface area contributed by atoms with E-state index >= 15 is 0 Å². The van der Waals surface area contributed by atoms with Crippen LogP contribution in [0.5, 0.6) is 0 Å². The minimum atomic E-state index is -0.450. The van der Waals surface area contributed by atoms with Crippen LogP contribution in [0.3, 0.4) is 0 Å². The molecule has 0 aromatic heterocycles. The number of hydrogen-bond donors (Lipinski definition) is 0. The Morgan fingerprint density at radius 3 is 2.58 bits per heavy atom. The topological polar surface area (TPSA) is 40.6 Å². The number of rotatable bonds is 2. The monoisotopic (exact) mass is 278 g/mol. The highest BCUT2D eigenvalue weighted by atomic mass is 35.5. The second-order valence-corrected chi connectivity index (χ2v) is 5.48. The van der Waals surface area contributed by atoms with Crippen LogP contribution >= 0.6 is 11.6 Å². The predicted octanol–water partition coefficient (Wildman–Crippen LogP) is 2.31. The van der Waals surface area contributed by atoms with Crippen molar-refractivity contribution in [2.45, 2.75) is 19.3 Å². The summed E-state index contributed by atoms with van der Waals surface area (Å²) >= 11 is 5.88. The first-order valence-corrected chi connectivity index (χ1v) is 6.93. The molecule has 2 aliphatic rings. The van der Waals surface area contributed by atoms with Crippen molar-refractivity contribution in [2.24, 2.45) is 0 Å². The van der Waals surface area contributed by atoms with Gasteiger partial charge >= 0.3 is 5.91 Å². The lowest BCUT2D eigenvalue weighted by molar-refractivity contribution is -0.114. The zero-order valence-electron chi connectivity index (χ0n) is 10.6. The molecule has 19 heavy (non-hydrogen) atoms. The molecule has 1 aromatic rings. The zero-order chi connectivity index (χ0) is 13.4. The summed E-state index contributed by atoms with van der Waals surface area (Å²) in [7, 11) is 0. The summed E-state index contributed by atoms with van der Waals surface area (Å²) in [5.41, 5.74) is 1.11. The van der Waals surface area contributed by atoms with Gasteiger partial charge in [-0.05, 0) is 44.1 Å². The number of carbonyl (C=O) groups excluding carboxylic acids is 2. The molecule has 2 heterocycles. The van der Waals surface area contributed by atoms with Crippen LogP contribution < -0.4 is 4.90 Å². The lowest BCUT2D eigenvalue weighted by Crippen LogP contribution is -2.43. The van der Waals surface area contributed by atoms with Crippen LogP contribution in [0.4, 0.5) is 5.69 Å². The first-order chi connectivity index (χ1) is 9.16. The lowest BCUT2D eigenvalue weighted by Gasteiger charge is -2.30. The van der Waals surface area contributed by atoms with E-state index in [2.05, 4.69) is 4.90 Å². The highest BCUT2D eigenvalue weighted by Gasteiger charge is 2.36. The van der Waals surface area contributed by atoms with Gasteiger partial charge in [-0.2, -0.15) is 0 Å². The number of benzene rings is 1. The third-order valence-corrected chi connectivity index (χ3v) is 3.96. The van der Waals surface area contributed by atoms with Gasteiger partial charge in [0, 0.05) is 5.02 Å². The first-order valence-electron chi connectivity index (χ1n) is 6.55. The summed E-state index contributed by atoms with van der Waals surface area (Å²) in [6.45, 7) is 2.47. The highest BCUT2D eigenvalue weighted by Crippen LogP contribution is 2.31. The van der Waals surface area contributed by atoms with Gasteiger partial charge in [0.2, 0.25) is 0 Å². The van der Waals surface area contributed by atoms with E-state index in [1.165, 1.54) is 6.42 Å². The Hall–Kier alpha value is -1.39. The summed E-state index contributed by atoms with van der Waals surface area (Å²) in [6, 6.07) is 5.05. The number of halogens is 1. The fraction of sp³-hybridized carbons (Fsp3) is 0.429. The van der Waals surface area contributed by atoms with Gasteiger partial charge in [0.15, 0.2) is 0 Å². The van der Waals surface area contributed by atoms with E-state index in [9.17, 15) is 9.59 Å². The molecule has 0 aliphatic carbocycles. The molecule has 4 nitrogen and oxygen atoms in total. The van der Waals surface area contributed by atoms with E-state index < -0.39 is 11.7 Å². The molecule has 2 aliphatic heterocycles. The van der Waals surface area contributed by atoms with E-state index in [0.29, 0.717) is 22.9 Å². The Balaban J connectivity index is 1.86. The third kappa shape index (κ3) is 2.26. The average molecular weight is 279 g/mol. The van der Waals surface area contributed by atoms with Crippen LogP contribution in [0.2, 0.25) is 5.02 Å². The van der Waals surface area contributed by atoms with Gasteiger partial charge in [0.25, 0.3) is 5.78 Å². The van der Waals surface area contributed by atoms with Crippen molar-refractivity contribution in [3.63, 3.8) is 0 Å². The van der Waals surface area contributed by atoms with Crippen LogP contribution in [-0.2, 0) is 4.79 Å². The molecule has 1 amide bonds. The number of amides is 1. The number of hydrogen-bond acceptors (Lipinski definition) is 3. The number of carbonyl (C=O) groups is 2. The van der Waals surface area contributed by atoms with Crippen LogP contribution in [0, 0.1) is 0 Å². The van der Waals surface area contributed by atoms with Crippen molar-refractivity contribution in [1.82, 2.24) is 4.90 Å². The molecule has 100 valence electrons. The van der Waals surface area contributed by atoms with Crippen molar-refractivity contribution >= 4 is 29.0 Å². The maximum Gasteiger partial charge on any atom is 0.300 e. The fourth-order valence-electron chi connectivity index (χ4n) is 2.71. The molecule has 0 unspecified atom stereocenters. The van der Waals surface area contributed by atoms with Crippen LogP contribution in [0.25, 0.3) is 0 Å². The van der Waals surface area contributed by atoms with Crippen molar-refractivity contribution in [3.05, 3.63) is 28.8 Å². The molecule has 0 N–H and O–H groups in total. The average Bonchev–Trinajstić information content (AvgIpc) is 2.65. The summed E-state index contributed by atoms with van der Waals surface area (Å²) in [5, 5.41) is 0.486. The van der Waals surface area contributed by atoms with E-state index in [0.717, 1.165) is 25.9 Å². The van der Waals surface area contributed by atoms with Crippen molar-refractivity contribution < 1.29 is 9.59 Å². The van der Waals surface area contributed by atoms with E-state index in [1.54, 1.807) is 23.1 Å². The van der Waals surface area contributed by atoms with Gasteiger partial charge in [0.05, 0.1) is 17.9 Å². The largest absolute Gasteiger partial charge is 0.300 e. The lowest BCUT2D eigenvalue weighted by atomic mass is 10.1. The minimum absolute atomic E-state index is 0.425. The standard InChI is InChI=1S/C14H15ClN2O2/c15-10-4-5-12-11(8-10)13(18)14(19)17(12)9-16-6-2-1-3-7-16/h4-5,8H,1-3,6-7,9H2. The molecule has 0 spiro atoms. The van der Waals surface area contributed by atoms with Gasteiger partial charge in [-0.3, -0.25) is 19.4 Å². The summed E-state index contributed by atoms with van der Waals surface area (Å²) < 4.78 is 0. The van der Waals surface area contributed by atoms with E-state index in [-0.39, 0.29) is 0 Å². The van der Waals surface area contributed by atoms with Crippen LogP contribution in [0.1, 0.15) is 29.6 Å². The molecule has 1 saturated heterocycles. The Bertz CT molecular complexity index is 538. The van der Waals surface area contributed by atoms with Crippen LogP contribution in [-0.4, -0.2) is 36.3 Å². The molecular formula is C14H15ClN2O2. The second-order valence-electron chi connectivity index (χ2n) is 5.04. The number of fused-ring (bicyclic) bond motifs is 1. The number of Topliss-reactive ketones (excluding diaryl/α,β-unsaturated/α-hetero) is 1. The zero-order valence-corrected chi connectivity index (χ0v) is 11.3. The van der Waals surface area contributed by atoms with Crippen molar-refractivity contribution in [3.8, 4) is 0 Å². The fourth-order valence-corrected chi connectivity index (χ4v) is 2.89. The van der Waals surface area contributed by atoms with Crippen LogP contribution in [0.15, 0.2) is 18.2 Å². The molecule has 0 radical (unpaired) electrons. The quantitative estimate of drug-likeness (QED) is 0.780. The molecule has 0 saturated carbocycles. The maximum atomic E-state index is 12.1. The maximum absolute atomic E-state index is 12.1. The Morgan fingerprint density at radius 2 is 1.84 bits per heavy atom. The summed E-state index contributed by atoms with van der Waals surface area (Å²) in [4.78, 5) is 27.8. The Labute approximate surface area is 116 Å². The first kappa shape index (κ1) is 12.6. The van der Waals surface area contributed by atoms with Gasteiger partial charge < -0.3 is 0 Å². The molecule has 5 heteroatoms. The second kappa shape index (κ2) is 4.94. The summed E-state index contributed by atoms with van der Waals surface area (Å²) in [5.74, 6) is -0.891. The SMILES string of the molecule is O=C1C(=O)N(CN2CCCCC2)c2ccc(Cl)cc21. The number of piperidine rings is 1. The summed E-state index contributed by atoms with van der Waals surface area (Å²) in [6.07, 6.45) is 3.56. The Morgan fingerprint density at radius 1 is 1.11 bits per heavy atom. The molecular weight excluding hydrogens is 264 g/mol. The number of likely N-dealkylation sites (tertiary alicyclic amines) is 1. The molecule has 1 aromatic carbocycles. The van der Waals surface area contributed by atoms with Gasteiger partial charge in [-0.25, -0.2) is 0 Å². The molecule has 0 atom stereocenters. The smallest absolute Gasteiger partial charge is 0.291 e. The van der Waals surface area contributed by atoms with Gasteiger partial charge in [-0.1, -0.05) is 18.0 Å². The highest BCUT2D eigenvalue weighted by molar-refractivity contribution is 6.52. The Kier molecular flexibility index (Phi) is 3.29. The normalized spacial score (nSPS) is 19.9. The minimum Gasteiger partial charge on any atom is -0.291 e. The van der Waals surface area contributed by atoms with Crippen molar-refractivity contribution in [2.75, 3.05) is 24.7 Å².